The SMILES string of the molecule is C[C@]1(CO)CC[C@@]2(C(=O)O)[C@@H](C1)C1=CC[C@@H]3[C@@]4(C)[C@@H]5[C@@H](O)[C@@H](O[C@@H]6OC[C@@H](O)[C@H](O)[C@H]6O)[C@@](C)(CO)[C@H]4CC[C@@]3(C)[C@]1(CCC#C[C@@H]5[C@H]1[C@H]([C@H](CC[C@@H](N)O)c3cnc[nH]3)NC(=O)C13CCCC3)[C@H]1Cc3[nH]cnc3NC[C@@H]12. The van der Waals surface area contributed by atoms with Crippen LogP contribution in [0.1, 0.15) is 135 Å². The van der Waals surface area contributed by atoms with Crippen LogP contribution in [0.15, 0.2) is 30.5 Å². The van der Waals surface area contributed by atoms with Gasteiger partial charge in [0.15, 0.2) is 6.29 Å². The number of imidazole rings is 2. The summed E-state index contributed by atoms with van der Waals surface area (Å²) in [6.07, 6.45) is 6.04. The molecule has 5 saturated carbocycles. The summed E-state index contributed by atoms with van der Waals surface area (Å²) in [5.74, 6) is 3.77. The third-order valence-electron chi connectivity index (χ3n) is 24.4. The van der Waals surface area contributed by atoms with Crippen molar-refractivity contribution in [2.24, 2.45) is 91.0 Å². The zero-order valence-electron chi connectivity index (χ0n) is 45.7. The highest BCUT2D eigenvalue weighted by molar-refractivity contribution is 5.86. The van der Waals surface area contributed by atoms with Crippen molar-refractivity contribution in [2.75, 3.05) is 31.7 Å². The number of carbonyl (C=O) groups excluding carboxylic acids is 1. The number of nitrogens with one attached hydrogen (secondary N) is 4. The number of H-pyrrole nitrogens is 2. The lowest BCUT2D eigenvalue weighted by atomic mass is 9.27. The molecule has 0 radical (unpaired) electrons. The molecule has 0 aromatic carbocycles. The number of aromatic amines is 2. The number of carboxylic acid groups (broad SMARTS) is 1. The van der Waals surface area contributed by atoms with Crippen LogP contribution in [0.4, 0.5) is 5.82 Å². The average molecular weight is 1080 g/mol. The number of nitrogens with zero attached hydrogens (tertiary/aromatic N) is 2. The fraction of sp³-hybridized carbons (Fsp3) is 0.797. The van der Waals surface area contributed by atoms with E-state index in [0.29, 0.717) is 83.6 Å². The van der Waals surface area contributed by atoms with Crippen LogP contribution in [0, 0.1) is 97.1 Å². The minimum atomic E-state index is -1.68. The lowest BCUT2D eigenvalue weighted by molar-refractivity contribution is -0.344. The standard InChI is InChI=1S/C59H85N7O12/c1-53(26-67)19-20-58(52(75)76)34(22-53)32-11-12-40-55(3)18-14-39-54(2,27-68)48(78-50-47(73)45(71)38(69)25-77-50)46(72)43(56(39,40)4)31(9-5-6-17-59(32,55)33-21-36-49(65-29-64-36)62-23-35(33)58)42-44(66-51(74)57(42)15-7-8-16-57)30(10-13-41(60)70)37-24-61-28-63-37/h11,24,28-31,33-35,38-48,50,62,67-73H,6-8,10,12-23,25-27,60H2,1-4H3,(H,61,63)(H,64,65)(H,66,74)(H,75,76)/t30-,31-,33+,34+,35+,38-,39-,40+,41+,42+,43+,44+,45+,46-,47-,48-,50+,53+,54+,55-,56+,58-,59+/m1/s1. The van der Waals surface area contributed by atoms with Gasteiger partial charge in [0.25, 0.3) is 0 Å². The van der Waals surface area contributed by atoms with Gasteiger partial charge >= 0.3 is 5.97 Å². The Morgan fingerprint density at radius 2 is 1.72 bits per heavy atom. The summed E-state index contributed by atoms with van der Waals surface area (Å²) in [7, 11) is 0. The molecule has 78 heavy (non-hydrogen) atoms. The largest absolute Gasteiger partial charge is 0.481 e. The maximum Gasteiger partial charge on any atom is 0.310 e. The number of hydrogen-bond acceptors (Lipinski definition) is 15. The zero-order valence-corrected chi connectivity index (χ0v) is 45.7. The van der Waals surface area contributed by atoms with E-state index in [9.17, 15) is 45.6 Å². The van der Waals surface area contributed by atoms with Gasteiger partial charge < -0.3 is 76.7 Å². The summed E-state index contributed by atoms with van der Waals surface area (Å²) in [5, 5.41) is 100. The molecule has 5 heterocycles. The summed E-state index contributed by atoms with van der Waals surface area (Å²) in [6.45, 7) is 8.39. The molecule has 1 amide bonds. The van der Waals surface area contributed by atoms with Crippen LogP contribution in [0.5, 0.6) is 0 Å². The molecule has 7 aliphatic carbocycles. The number of nitrogens with two attached hydrogens (primary N) is 1. The number of aliphatic hydroxyl groups excluding tert-OH is 7. The molecule has 3 aliphatic heterocycles. The molecule has 19 nitrogen and oxygen atoms in total. The number of anilines is 1. The lowest BCUT2D eigenvalue weighted by Gasteiger charge is -2.76. The van der Waals surface area contributed by atoms with E-state index in [4.69, 9.17) is 20.2 Å². The van der Waals surface area contributed by atoms with Crippen LogP contribution < -0.4 is 16.4 Å². The second-order valence-electron chi connectivity index (χ2n) is 27.4. The first kappa shape index (κ1) is 54.6. The molecule has 2 aromatic heterocycles. The second-order valence-corrected chi connectivity index (χ2v) is 27.4. The predicted octanol–water partition coefficient (Wildman–Crippen LogP) is 3.31. The van der Waals surface area contributed by atoms with Gasteiger partial charge in [0, 0.05) is 72.0 Å². The second kappa shape index (κ2) is 19.3. The molecule has 19 heteroatoms. The average Bonchev–Trinajstić information content (AvgIpc) is 1.68. The molecule has 2 saturated heterocycles. The number of carbonyl (C=O) groups is 2. The molecule has 4 bridgehead atoms. The van der Waals surface area contributed by atoms with Crippen molar-refractivity contribution < 1.29 is 59.9 Å². The van der Waals surface area contributed by atoms with Crippen LogP contribution in [0.2, 0.25) is 0 Å². The fourth-order valence-corrected chi connectivity index (χ4v) is 20.9. The number of aliphatic hydroxyl groups is 7. The van der Waals surface area contributed by atoms with E-state index in [1.807, 2.05) is 6.92 Å². The monoisotopic (exact) mass is 1080 g/mol. The highest BCUT2D eigenvalue weighted by Gasteiger charge is 2.79. The first-order valence-corrected chi connectivity index (χ1v) is 29.3. The number of aromatic nitrogens is 4. The molecule has 2 spiro atoms. The normalized spacial score (nSPS) is 47.8. The van der Waals surface area contributed by atoms with Gasteiger partial charge in [0.2, 0.25) is 5.91 Å². The molecular formula is C59H85N7O12. The minimum absolute atomic E-state index is 0.0617. The molecular weight excluding hydrogens is 999 g/mol. The van der Waals surface area contributed by atoms with E-state index in [1.54, 1.807) is 18.9 Å². The summed E-state index contributed by atoms with van der Waals surface area (Å²) < 4.78 is 12.9. The van der Waals surface area contributed by atoms with Gasteiger partial charge in [0.05, 0.1) is 54.6 Å². The Balaban J connectivity index is 1.10. The first-order chi connectivity index (χ1) is 37.2. The van der Waals surface area contributed by atoms with Crippen molar-refractivity contribution in [1.82, 2.24) is 25.3 Å². The maximum absolute atomic E-state index is 15.3. The Morgan fingerprint density at radius 3 is 2.42 bits per heavy atom. The first-order valence-electron chi connectivity index (χ1n) is 29.3. The van der Waals surface area contributed by atoms with Gasteiger partial charge in [-0.1, -0.05) is 58.1 Å². The lowest BCUT2D eigenvalue weighted by Crippen LogP contribution is -2.75. The van der Waals surface area contributed by atoms with E-state index in [0.717, 1.165) is 35.6 Å². The van der Waals surface area contributed by atoms with E-state index < -0.39 is 123 Å². The van der Waals surface area contributed by atoms with Gasteiger partial charge in [-0.15, -0.1) is 5.92 Å². The number of aliphatic carboxylic acids is 1. The van der Waals surface area contributed by atoms with Crippen molar-refractivity contribution in [2.45, 2.75) is 179 Å². The molecule has 428 valence electrons. The summed E-state index contributed by atoms with van der Waals surface area (Å²) in [4.78, 5) is 45.9. The van der Waals surface area contributed by atoms with Gasteiger partial charge in [-0.3, -0.25) is 9.59 Å². The quantitative estimate of drug-likeness (QED) is 0.0665. The van der Waals surface area contributed by atoms with Crippen LogP contribution in [-0.4, -0.2) is 148 Å². The predicted molar refractivity (Wildman–Crippen MR) is 283 cm³/mol. The smallest absolute Gasteiger partial charge is 0.310 e. The van der Waals surface area contributed by atoms with Crippen LogP contribution in [-0.2, 0) is 25.5 Å². The number of ether oxygens (including phenoxy) is 2. The third kappa shape index (κ3) is 7.45. The topological polar surface area (TPSA) is 322 Å². The van der Waals surface area contributed by atoms with E-state index in [2.05, 4.69) is 64.3 Å². The van der Waals surface area contributed by atoms with Crippen LogP contribution in [0.25, 0.3) is 0 Å². The summed E-state index contributed by atoms with van der Waals surface area (Å²) >= 11 is 0. The van der Waals surface area contributed by atoms with Gasteiger partial charge in [-0.05, 0) is 123 Å². The Kier molecular flexibility index (Phi) is 13.5. The van der Waals surface area contributed by atoms with Crippen molar-refractivity contribution in [3.63, 3.8) is 0 Å². The maximum atomic E-state index is 15.3. The molecule has 10 aliphatic rings. The van der Waals surface area contributed by atoms with E-state index in [-0.39, 0.29) is 55.1 Å². The Labute approximate surface area is 456 Å². The van der Waals surface area contributed by atoms with Gasteiger partial charge in [0.1, 0.15) is 30.4 Å². The molecule has 0 unspecified atom stereocenters. The number of carboxylic acids is 1. The number of allylic oxidation sites excluding steroid dienone is 2. The van der Waals surface area contributed by atoms with E-state index >= 15 is 4.79 Å². The van der Waals surface area contributed by atoms with Crippen molar-refractivity contribution in [3.8, 4) is 11.8 Å². The Hall–Kier alpha value is -3.94. The van der Waals surface area contributed by atoms with Crippen LogP contribution in [0.3, 0.4) is 0 Å². The van der Waals surface area contributed by atoms with Gasteiger partial charge in [-0.2, -0.15) is 0 Å². The molecule has 23 atom stereocenters. The summed E-state index contributed by atoms with van der Waals surface area (Å²) in [6, 6.07) is -0.548. The highest BCUT2D eigenvalue weighted by atomic mass is 16.7. The number of rotatable bonds is 11. The number of amides is 1. The van der Waals surface area contributed by atoms with E-state index in [1.165, 1.54) is 0 Å². The highest BCUT2D eigenvalue weighted by Crippen LogP contribution is 2.81. The fourth-order valence-electron chi connectivity index (χ4n) is 20.9. The van der Waals surface area contributed by atoms with Crippen LogP contribution >= 0.6 is 0 Å². The molecule has 7 fully saturated rings. The number of hydrogen-bond donors (Lipinski definition) is 13. The molecule has 12 rings (SSSR count). The van der Waals surface area contributed by atoms with Crippen molar-refractivity contribution in [1.29, 1.82) is 0 Å². The Bertz CT molecular complexity index is 2700. The number of fused-ring (bicyclic) bond motifs is 5. The molecule has 14 N–H and O–H groups in total. The Morgan fingerprint density at radius 1 is 0.936 bits per heavy atom. The summed E-state index contributed by atoms with van der Waals surface area (Å²) in [5.41, 5.74) is 3.11. The molecule has 2 aromatic rings. The minimum Gasteiger partial charge on any atom is -0.481 e. The van der Waals surface area contributed by atoms with Crippen molar-refractivity contribution in [3.05, 3.63) is 41.9 Å². The van der Waals surface area contributed by atoms with Gasteiger partial charge in [-0.25, -0.2) is 9.97 Å². The third-order valence-corrected chi connectivity index (χ3v) is 24.4. The zero-order chi connectivity index (χ0) is 55.1. The van der Waals surface area contributed by atoms with Crippen molar-refractivity contribution >= 4 is 17.7 Å².